The third kappa shape index (κ3) is 1.22. The third-order valence-corrected chi connectivity index (χ3v) is 3.78. The van der Waals surface area contributed by atoms with Crippen LogP contribution in [-0.2, 0) is 5.41 Å². The van der Waals surface area contributed by atoms with E-state index in [0.29, 0.717) is 11.5 Å². The van der Waals surface area contributed by atoms with E-state index in [9.17, 15) is 8.78 Å². The Bertz CT molecular complexity index is 418. The summed E-state index contributed by atoms with van der Waals surface area (Å²) in [5.41, 5.74) is 0.699. The van der Waals surface area contributed by atoms with Gasteiger partial charge in [0.2, 0.25) is 0 Å². The number of piperidine rings is 1. The summed E-state index contributed by atoms with van der Waals surface area (Å²) in [4.78, 5) is 2.22. The minimum atomic E-state index is -0.490. The molecule has 15 heavy (non-hydrogen) atoms. The molecule has 2 atom stereocenters. The summed E-state index contributed by atoms with van der Waals surface area (Å²) < 4.78 is 26.4. The van der Waals surface area contributed by atoms with Crippen LogP contribution in [0, 0.1) is 17.6 Å². The highest BCUT2D eigenvalue weighted by atomic mass is 19.1. The Kier molecular flexibility index (Phi) is 1.72. The largest absolute Gasteiger partial charge is 0.305 e. The van der Waals surface area contributed by atoms with Crippen molar-refractivity contribution in [3.63, 3.8) is 0 Å². The van der Waals surface area contributed by atoms with Gasteiger partial charge in [0.25, 0.3) is 0 Å². The Hall–Kier alpha value is -0.960. The molecule has 0 amide bonds. The molecule has 0 spiro atoms. The fourth-order valence-corrected chi connectivity index (χ4v) is 3.04. The van der Waals surface area contributed by atoms with E-state index < -0.39 is 5.82 Å². The fourth-order valence-electron chi connectivity index (χ4n) is 3.04. The molecule has 3 rings (SSSR count). The first kappa shape index (κ1) is 9.28. The Labute approximate surface area is 87.7 Å². The van der Waals surface area contributed by atoms with Crippen LogP contribution in [0.25, 0.3) is 0 Å². The molecule has 1 aliphatic carbocycles. The molecule has 1 saturated heterocycles. The highest BCUT2D eigenvalue weighted by molar-refractivity contribution is 5.38. The quantitative estimate of drug-likeness (QED) is 0.685. The van der Waals surface area contributed by atoms with E-state index in [2.05, 4.69) is 11.9 Å². The number of nitrogens with zero attached hydrogens (tertiary/aromatic N) is 1. The summed E-state index contributed by atoms with van der Waals surface area (Å²) >= 11 is 0. The van der Waals surface area contributed by atoms with Gasteiger partial charge in [0.1, 0.15) is 11.6 Å². The van der Waals surface area contributed by atoms with E-state index in [-0.39, 0.29) is 11.2 Å². The Morgan fingerprint density at radius 3 is 2.80 bits per heavy atom. The van der Waals surface area contributed by atoms with Crippen molar-refractivity contribution < 1.29 is 8.78 Å². The lowest BCUT2D eigenvalue weighted by Gasteiger charge is -2.17. The molecule has 0 aromatic heterocycles. The van der Waals surface area contributed by atoms with Crippen LogP contribution in [0.4, 0.5) is 8.78 Å². The van der Waals surface area contributed by atoms with Crippen molar-refractivity contribution in [1.82, 2.24) is 4.90 Å². The van der Waals surface area contributed by atoms with Crippen molar-refractivity contribution in [3.8, 4) is 0 Å². The average Bonchev–Trinajstić information content (AvgIpc) is 2.69. The molecule has 2 aliphatic rings. The molecule has 1 aromatic carbocycles. The first-order valence-electron chi connectivity index (χ1n) is 5.26. The summed E-state index contributed by atoms with van der Waals surface area (Å²) in [7, 11) is 2.05. The van der Waals surface area contributed by atoms with Crippen LogP contribution in [0.3, 0.4) is 0 Å². The first-order valence-corrected chi connectivity index (χ1v) is 5.26. The average molecular weight is 209 g/mol. The first-order chi connectivity index (χ1) is 7.12. The minimum absolute atomic E-state index is 0.00741. The maximum Gasteiger partial charge on any atom is 0.129 e. The standard InChI is InChI=1S/C12H13F2N/c1-15-6-8-5-12(8,7-15)10-3-2-9(13)4-11(10)14/h2-4,8H,5-7H2,1H3. The van der Waals surface area contributed by atoms with Crippen LogP contribution in [0.1, 0.15) is 12.0 Å². The van der Waals surface area contributed by atoms with Crippen molar-refractivity contribution >= 4 is 0 Å². The van der Waals surface area contributed by atoms with Crippen LogP contribution >= 0.6 is 0 Å². The van der Waals surface area contributed by atoms with E-state index in [1.165, 1.54) is 6.07 Å². The Morgan fingerprint density at radius 2 is 2.20 bits per heavy atom. The van der Waals surface area contributed by atoms with Crippen molar-refractivity contribution in [3.05, 3.63) is 35.4 Å². The monoisotopic (exact) mass is 209 g/mol. The zero-order valence-electron chi connectivity index (χ0n) is 8.63. The van der Waals surface area contributed by atoms with Gasteiger partial charge in [-0.1, -0.05) is 6.07 Å². The van der Waals surface area contributed by atoms with Crippen LogP contribution < -0.4 is 0 Å². The SMILES string of the molecule is CN1CC2CC2(c2ccc(F)cc2F)C1. The molecule has 0 N–H and O–H groups in total. The molecule has 2 fully saturated rings. The number of rotatable bonds is 1. The predicted octanol–water partition coefficient (Wildman–Crippen LogP) is 2.17. The lowest BCUT2D eigenvalue weighted by atomic mass is 9.94. The van der Waals surface area contributed by atoms with Gasteiger partial charge >= 0.3 is 0 Å². The van der Waals surface area contributed by atoms with Gasteiger partial charge in [0.15, 0.2) is 0 Å². The van der Waals surface area contributed by atoms with Gasteiger partial charge in [-0.05, 0) is 31.0 Å². The normalized spacial score (nSPS) is 34.2. The van der Waals surface area contributed by atoms with Gasteiger partial charge < -0.3 is 4.90 Å². The van der Waals surface area contributed by atoms with Gasteiger partial charge in [-0.25, -0.2) is 8.78 Å². The van der Waals surface area contributed by atoms with Gasteiger partial charge in [-0.3, -0.25) is 0 Å². The summed E-state index contributed by atoms with van der Waals surface area (Å²) in [6, 6.07) is 3.97. The van der Waals surface area contributed by atoms with Gasteiger partial charge in [-0.15, -0.1) is 0 Å². The number of likely N-dealkylation sites (N-methyl/N-ethyl adjacent to an activating group) is 1. The van der Waals surface area contributed by atoms with E-state index in [1.807, 2.05) is 0 Å². The van der Waals surface area contributed by atoms with Gasteiger partial charge in [0.05, 0.1) is 0 Å². The van der Waals surface area contributed by atoms with Crippen LogP contribution in [0.5, 0.6) is 0 Å². The molecule has 1 aromatic rings. The van der Waals surface area contributed by atoms with E-state index >= 15 is 0 Å². The Morgan fingerprint density at radius 1 is 1.40 bits per heavy atom. The second-order valence-corrected chi connectivity index (χ2v) is 4.88. The highest BCUT2D eigenvalue weighted by Gasteiger charge is 2.60. The second kappa shape index (κ2) is 2.79. The van der Waals surface area contributed by atoms with Crippen LogP contribution in [0.2, 0.25) is 0 Å². The predicted molar refractivity (Wildman–Crippen MR) is 53.6 cm³/mol. The number of fused-ring (bicyclic) bond motifs is 1. The number of hydrogen-bond acceptors (Lipinski definition) is 1. The molecule has 1 nitrogen and oxygen atoms in total. The van der Waals surface area contributed by atoms with Gasteiger partial charge in [0, 0.05) is 24.6 Å². The maximum absolute atomic E-state index is 13.6. The summed E-state index contributed by atoms with van der Waals surface area (Å²) in [5, 5.41) is 0. The molecule has 1 heterocycles. The topological polar surface area (TPSA) is 3.24 Å². The molecule has 1 saturated carbocycles. The molecule has 1 aliphatic heterocycles. The maximum atomic E-state index is 13.6. The smallest absolute Gasteiger partial charge is 0.129 e. The molecule has 80 valence electrons. The van der Waals surface area contributed by atoms with E-state index in [0.717, 1.165) is 25.6 Å². The fraction of sp³-hybridized carbons (Fsp3) is 0.500. The summed E-state index contributed by atoms with van der Waals surface area (Å²) in [6.07, 6.45) is 1.06. The second-order valence-electron chi connectivity index (χ2n) is 4.88. The molecule has 2 unspecified atom stereocenters. The van der Waals surface area contributed by atoms with E-state index in [4.69, 9.17) is 0 Å². The number of hydrogen-bond donors (Lipinski definition) is 0. The van der Waals surface area contributed by atoms with Crippen LogP contribution in [-0.4, -0.2) is 25.0 Å². The molecule has 3 heteroatoms. The van der Waals surface area contributed by atoms with Crippen molar-refractivity contribution in [1.29, 1.82) is 0 Å². The molecular weight excluding hydrogens is 196 g/mol. The van der Waals surface area contributed by atoms with Gasteiger partial charge in [-0.2, -0.15) is 0 Å². The molecule has 0 bridgehead atoms. The summed E-state index contributed by atoms with van der Waals surface area (Å²) in [6.45, 7) is 1.94. The zero-order chi connectivity index (χ0) is 10.6. The third-order valence-electron chi connectivity index (χ3n) is 3.78. The zero-order valence-corrected chi connectivity index (χ0v) is 8.63. The number of halogens is 2. The summed E-state index contributed by atoms with van der Waals surface area (Å²) in [5.74, 6) is -0.300. The molecular formula is C12H13F2N. The lowest BCUT2D eigenvalue weighted by molar-refractivity contribution is 0.361. The number of benzene rings is 1. The minimum Gasteiger partial charge on any atom is -0.305 e. The van der Waals surface area contributed by atoms with E-state index in [1.54, 1.807) is 6.07 Å². The lowest BCUT2D eigenvalue weighted by Crippen LogP contribution is -2.23. The highest BCUT2D eigenvalue weighted by Crippen LogP contribution is 2.59. The Balaban J connectivity index is 2.01. The number of likely N-dealkylation sites (tertiary alicyclic amines) is 1. The van der Waals surface area contributed by atoms with Crippen LogP contribution in [0.15, 0.2) is 18.2 Å². The van der Waals surface area contributed by atoms with Crippen molar-refractivity contribution in [2.75, 3.05) is 20.1 Å². The van der Waals surface area contributed by atoms with Crippen molar-refractivity contribution in [2.24, 2.45) is 5.92 Å². The van der Waals surface area contributed by atoms with Crippen molar-refractivity contribution in [2.45, 2.75) is 11.8 Å². The molecule has 0 radical (unpaired) electrons.